The van der Waals surface area contributed by atoms with Crippen molar-refractivity contribution in [2.75, 3.05) is 7.11 Å². The summed E-state index contributed by atoms with van der Waals surface area (Å²) in [5, 5.41) is 15.0. The van der Waals surface area contributed by atoms with Gasteiger partial charge in [-0.15, -0.1) is 0 Å². The fourth-order valence-electron chi connectivity index (χ4n) is 4.41. The minimum Gasteiger partial charge on any atom is -0.497 e. The number of ether oxygens (including phenoxy) is 2. The van der Waals surface area contributed by atoms with Crippen molar-refractivity contribution in [1.82, 2.24) is 5.32 Å². The summed E-state index contributed by atoms with van der Waals surface area (Å²) in [5.41, 5.74) is 2.82. The van der Waals surface area contributed by atoms with Crippen molar-refractivity contribution >= 4 is 17.4 Å². The number of allylic oxidation sites excluding steroid dienone is 3. The first kappa shape index (κ1) is 22.3. The Bertz CT molecular complexity index is 1180. The summed E-state index contributed by atoms with van der Waals surface area (Å²) in [5.74, 6) is -0.908. The molecule has 0 unspecified atom stereocenters. The number of dihydropyridines is 1. The number of carbonyl (C=O) groups excluding carboxylic acids is 2. The highest BCUT2D eigenvalue weighted by Crippen LogP contribution is 2.45. The quantitative estimate of drug-likeness (QED) is 0.398. The number of nitro benzene ring substituents is 1. The molecule has 0 radical (unpaired) electrons. The summed E-state index contributed by atoms with van der Waals surface area (Å²) >= 11 is 0. The van der Waals surface area contributed by atoms with Gasteiger partial charge in [0.2, 0.25) is 0 Å². The van der Waals surface area contributed by atoms with E-state index in [0.717, 1.165) is 11.3 Å². The number of methoxy groups -OCH3 is 1. The number of benzene rings is 2. The third-order valence-corrected chi connectivity index (χ3v) is 5.97. The molecule has 0 spiro atoms. The number of ketones is 1. The maximum absolute atomic E-state index is 13.3. The molecule has 0 aromatic heterocycles. The molecular formula is C25H24N2O6. The van der Waals surface area contributed by atoms with Gasteiger partial charge >= 0.3 is 5.97 Å². The third-order valence-electron chi connectivity index (χ3n) is 5.97. The Hall–Kier alpha value is -3.94. The lowest BCUT2D eigenvalue weighted by Crippen LogP contribution is -2.34. The van der Waals surface area contributed by atoms with Gasteiger partial charge in [-0.2, -0.15) is 0 Å². The molecule has 1 atom stereocenters. The van der Waals surface area contributed by atoms with Crippen molar-refractivity contribution in [2.24, 2.45) is 0 Å². The van der Waals surface area contributed by atoms with Crippen molar-refractivity contribution < 1.29 is 24.0 Å². The molecule has 4 rings (SSSR count). The molecule has 0 saturated heterocycles. The number of carbonyl (C=O) groups is 2. The predicted molar refractivity (Wildman–Crippen MR) is 120 cm³/mol. The second-order valence-electron chi connectivity index (χ2n) is 8.01. The van der Waals surface area contributed by atoms with E-state index < -0.39 is 16.8 Å². The number of nitrogens with zero attached hydrogens (tertiary/aromatic N) is 1. The normalized spacial score (nSPS) is 17.9. The van der Waals surface area contributed by atoms with E-state index in [1.165, 1.54) is 6.07 Å². The van der Waals surface area contributed by atoms with Gasteiger partial charge in [-0.3, -0.25) is 14.9 Å². The lowest BCUT2D eigenvalue weighted by atomic mass is 9.75. The van der Waals surface area contributed by atoms with Gasteiger partial charge in [0.1, 0.15) is 12.4 Å². The van der Waals surface area contributed by atoms with E-state index in [2.05, 4.69) is 5.32 Å². The second-order valence-corrected chi connectivity index (χ2v) is 8.01. The van der Waals surface area contributed by atoms with Gasteiger partial charge in [-0.05, 0) is 37.5 Å². The van der Waals surface area contributed by atoms with Crippen LogP contribution in [0.15, 0.2) is 71.1 Å². The van der Waals surface area contributed by atoms with Crippen LogP contribution in [0.1, 0.15) is 43.2 Å². The molecule has 0 bridgehead atoms. The largest absolute Gasteiger partial charge is 0.497 e. The van der Waals surface area contributed by atoms with Gasteiger partial charge in [0.05, 0.1) is 23.5 Å². The Morgan fingerprint density at radius 2 is 1.88 bits per heavy atom. The summed E-state index contributed by atoms with van der Waals surface area (Å²) in [6.45, 7) is 1.75. The highest BCUT2D eigenvalue weighted by atomic mass is 16.6. The molecule has 0 saturated carbocycles. The Morgan fingerprint density at radius 1 is 1.15 bits per heavy atom. The molecular weight excluding hydrogens is 424 g/mol. The van der Waals surface area contributed by atoms with Crippen molar-refractivity contribution in [1.29, 1.82) is 0 Å². The first-order valence-electron chi connectivity index (χ1n) is 10.7. The molecule has 2 aromatic rings. The fraction of sp³-hybridized carbons (Fsp3) is 0.280. The van der Waals surface area contributed by atoms with Crippen LogP contribution in [-0.2, 0) is 20.9 Å². The molecule has 8 heteroatoms. The molecule has 2 aromatic carbocycles. The van der Waals surface area contributed by atoms with Gasteiger partial charge in [0, 0.05) is 35.0 Å². The number of hydrogen-bond acceptors (Lipinski definition) is 7. The van der Waals surface area contributed by atoms with E-state index in [0.29, 0.717) is 41.8 Å². The van der Waals surface area contributed by atoms with Gasteiger partial charge in [0.25, 0.3) is 5.69 Å². The maximum Gasteiger partial charge on any atom is 0.337 e. The Labute approximate surface area is 191 Å². The van der Waals surface area contributed by atoms with E-state index in [9.17, 15) is 19.7 Å². The Morgan fingerprint density at radius 3 is 2.58 bits per heavy atom. The van der Waals surface area contributed by atoms with Crippen LogP contribution in [0, 0.1) is 10.1 Å². The number of Topliss-reactive ketones (excluding diaryl/α,β-unsaturated/α-hetero) is 1. The molecule has 0 amide bonds. The number of rotatable bonds is 6. The van der Waals surface area contributed by atoms with Crippen LogP contribution < -0.4 is 10.1 Å². The van der Waals surface area contributed by atoms with Gasteiger partial charge < -0.3 is 14.8 Å². The molecule has 1 aliphatic carbocycles. The van der Waals surface area contributed by atoms with Crippen LogP contribution in [0.2, 0.25) is 0 Å². The lowest BCUT2D eigenvalue weighted by molar-refractivity contribution is -0.385. The summed E-state index contributed by atoms with van der Waals surface area (Å²) in [6, 6.07) is 13.3. The predicted octanol–water partition coefficient (Wildman–Crippen LogP) is 4.31. The smallest absolute Gasteiger partial charge is 0.337 e. The van der Waals surface area contributed by atoms with Crippen molar-refractivity contribution in [3.8, 4) is 5.75 Å². The van der Waals surface area contributed by atoms with E-state index >= 15 is 0 Å². The highest BCUT2D eigenvalue weighted by Gasteiger charge is 2.41. The molecule has 33 heavy (non-hydrogen) atoms. The van der Waals surface area contributed by atoms with E-state index in [-0.39, 0.29) is 23.7 Å². The molecule has 2 aliphatic rings. The van der Waals surface area contributed by atoms with Crippen LogP contribution in [0.25, 0.3) is 0 Å². The van der Waals surface area contributed by atoms with Crippen LogP contribution in [0.4, 0.5) is 5.69 Å². The summed E-state index contributed by atoms with van der Waals surface area (Å²) in [6.07, 6.45) is 1.67. The zero-order valence-corrected chi connectivity index (χ0v) is 18.4. The molecule has 0 fully saturated rings. The van der Waals surface area contributed by atoms with E-state index in [1.54, 1.807) is 56.5 Å². The first-order valence-corrected chi connectivity index (χ1v) is 10.7. The molecule has 1 N–H and O–H groups in total. The Kier molecular flexibility index (Phi) is 6.26. The van der Waals surface area contributed by atoms with Gasteiger partial charge in [-0.25, -0.2) is 4.79 Å². The van der Waals surface area contributed by atoms with Crippen LogP contribution in [0.5, 0.6) is 5.75 Å². The first-order chi connectivity index (χ1) is 15.9. The fourth-order valence-corrected chi connectivity index (χ4v) is 4.41. The van der Waals surface area contributed by atoms with Crippen LogP contribution >= 0.6 is 0 Å². The topological polar surface area (TPSA) is 108 Å². The SMILES string of the molecule is COc1ccc(COC(=O)C2=C(C)NC3=C(C(=O)CCC3)[C@@H]2c2ccccc2[N+](=O)[O-])cc1. The van der Waals surface area contributed by atoms with Crippen molar-refractivity contribution in [2.45, 2.75) is 38.7 Å². The van der Waals surface area contributed by atoms with Crippen LogP contribution in [-0.4, -0.2) is 23.8 Å². The zero-order chi connectivity index (χ0) is 23.5. The molecule has 8 nitrogen and oxygen atoms in total. The summed E-state index contributed by atoms with van der Waals surface area (Å²) < 4.78 is 10.7. The zero-order valence-electron chi connectivity index (χ0n) is 18.4. The van der Waals surface area contributed by atoms with E-state index in [4.69, 9.17) is 9.47 Å². The van der Waals surface area contributed by atoms with Crippen molar-refractivity contribution in [3.05, 3.63) is 92.3 Å². The summed E-state index contributed by atoms with van der Waals surface area (Å²) in [4.78, 5) is 37.5. The number of hydrogen-bond donors (Lipinski definition) is 1. The van der Waals surface area contributed by atoms with E-state index in [1.807, 2.05) is 0 Å². The molecule has 1 aliphatic heterocycles. The number of nitrogens with one attached hydrogen (secondary N) is 1. The highest BCUT2D eigenvalue weighted by molar-refractivity contribution is 6.04. The lowest BCUT2D eigenvalue weighted by Gasteiger charge is -2.33. The standard InChI is InChI=1S/C25H24N2O6/c1-15-22(25(29)33-14-16-10-12-17(32-2)13-11-16)23(18-6-3-4-8-20(18)27(30)31)24-19(26-15)7-5-9-21(24)28/h3-4,6,8,10-13,23,26H,5,7,9,14H2,1-2H3/t23-/m1/s1. The minimum absolute atomic E-state index is 0.0169. The average Bonchev–Trinajstić information content (AvgIpc) is 2.82. The van der Waals surface area contributed by atoms with Crippen molar-refractivity contribution in [3.63, 3.8) is 0 Å². The Balaban J connectivity index is 1.72. The van der Waals surface area contributed by atoms with Gasteiger partial charge in [-0.1, -0.05) is 30.3 Å². The second kappa shape index (κ2) is 9.28. The molecule has 1 heterocycles. The third kappa shape index (κ3) is 4.37. The monoisotopic (exact) mass is 448 g/mol. The number of para-hydroxylation sites is 1. The number of nitro groups is 1. The van der Waals surface area contributed by atoms with Crippen LogP contribution in [0.3, 0.4) is 0 Å². The number of esters is 1. The maximum atomic E-state index is 13.3. The van der Waals surface area contributed by atoms with Gasteiger partial charge in [0.15, 0.2) is 5.78 Å². The average molecular weight is 448 g/mol. The molecule has 170 valence electrons. The summed E-state index contributed by atoms with van der Waals surface area (Å²) in [7, 11) is 1.57. The minimum atomic E-state index is -0.862.